The Hall–Kier alpha value is -8.15. The fraction of sp³-hybridized carbons (Fsp3) is 0.123. The third-order valence-corrected chi connectivity index (χ3v) is 15.8. The molecule has 0 fully saturated rings. The lowest BCUT2D eigenvalue weighted by molar-refractivity contribution is 0.590. The van der Waals surface area contributed by atoms with E-state index in [0.717, 1.165) is 39.4 Å². The zero-order valence-electron chi connectivity index (χ0n) is 40.1. The number of oxazole rings is 1. The Balaban J connectivity index is 1.13. The van der Waals surface area contributed by atoms with Gasteiger partial charge in [-0.25, -0.2) is 4.98 Å². The van der Waals surface area contributed by atoms with E-state index in [1.165, 1.54) is 104 Å². The number of hydrogen-bond acceptors (Lipinski definition) is 4. The van der Waals surface area contributed by atoms with Gasteiger partial charge in [-0.05, 0) is 141 Å². The molecule has 4 nitrogen and oxygen atoms in total. The normalized spacial score (nSPS) is 13.8. The monoisotopic (exact) mass is 897 g/mol. The van der Waals surface area contributed by atoms with Crippen LogP contribution in [0.3, 0.4) is 0 Å². The van der Waals surface area contributed by atoms with E-state index < -0.39 is 0 Å². The maximum absolute atomic E-state index is 6.76. The largest absolute Gasteiger partial charge is 0.436 e. The number of para-hydroxylation sites is 2. The van der Waals surface area contributed by atoms with Gasteiger partial charge in [0.2, 0.25) is 5.89 Å². The molecule has 332 valence electrons. The van der Waals surface area contributed by atoms with Crippen LogP contribution in [-0.4, -0.2) is 11.7 Å². The van der Waals surface area contributed by atoms with E-state index in [1.54, 1.807) is 0 Å². The van der Waals surface area contributed by atoms with Gasteiger partial charge in [-0.1, -0.05) is 175 Å². The fourth-order valence-electron chi connectivity index (χ4n) is 12.5. The second-order valence-corrected chi connectivity index (χ2v) is 22.0. The predicted molar refractivity (Wildman–Crippen MR) is 298 cm³/mol. The molecular weight excluding hydrogens is 850 g/mol. The van der Waals surface area contributed by atoms with E-state index in [9.17, 15) is 0 Å². The molecular formula is C65H48BN3O. The van der Waals surface area contributed by atoms with Crippen molar-refractivity contribution in [2.24, 2.45) is 0 Å². The summed E-state index contributed by atoms with van der Waals surface area (Å²) in [5.74, 6) is 0.602. The van der Waals surface area contributed by atoms with Crippen molar-refractivity contribution in [1.82, 2.24) is 4.98 Å². The number of hydrogen-bond donors (Lipinski definition) is 0. The summed E-state index contributed by atoms with van der Waals surface area (Å²) in [6.45, 7) is 13.6. The van der Waals surface area contributed by atoms with Gasteiger partial charge in [0.25, 0.3) is 6.71 Å². The second kappa shape index (κ2) is 13.8. The van der Waals surface area contributed by atoms with E-state index in [1.807, 2.05) is 24.3 Å². The van der Waals surface area contributed by atoms with Gasteiger partial charge in [0.15, 0.2) is 5.58 Å². The van der Waals surface area contributed by atoms with E-state index in [0.29, 0.717) is 5.89 Å². The highest BCUT2D eigenvalue weighted by molar-refractivity contribution is 7.01. The first-order valence-electron chi connectivity index (χ1n) is 24.7. The van der Waals surface area contributed by atoms with Crippen molar-refractivity contribution in [2.75, 3.05) is 9.80 Å². The van der Waals surface area contributed by atoms with Crippen LogP contribution < -0.4 is 26.2 Å². The zero-order chi connectivity index (χ0) is 46.9. The SMILES string of the molecule is CC(C)(C)c1ccc(N2c3cc(-c4nc5ccccc5o4)cc4c3B(c3cc5ccc6cccc7ccc(c32)c5c67)c2cc3ccc5cccc6ccc(c2N4c2ccc(C(C)(C)C)cc2)c3c56)cc1. The highest BCUT2D eigenvalue weighted by Crippen LogP contribution is 2.52. The lowest BCUT2D eigenvalue weighted by Gasteiger charge is -2.45. The van der Waals surface area contributed by atoms with Crippen LogP contribution in [0.2, 0.25) is 0 Å². The third-order valence-electron chi connectivity index (χ3n) is 15.8. The Morgan fingerprint density at radius 1 is 0.429 bits per heavy atom. The minimum atomic E-state index is -0.119. The molecule has 2 aliphatic rings. The number of benzene rings is 12. The summed E-state index contributed by atoms with van der Waals surface area (Å²) in [4.78, 5) is 10.4. The smallest absolute Gasteiger partial charge is 0.252 e. The summed E-state index contributed by atoms with van der Waals surface area (Å²) >= 11 is 0. The van der Waals surface area contributed by atoms with Gasteiger partial charge in [-0.15, -0.1) is 0 Å². The lowest BCUT2D eigenvalue weighted by atomic mass is 9.33. The molecule has 0 atom stereocenters. The summed E-state index contributed by atoms with van der Waals surface area (Å²) in [6, 6.07) is 68.8. The molecule has 0 N–H and O–H groups in total. The van der Waals surface area contributed by atoms with Crippen molar-refractivity contribution in [3.8, 4) is 11.5 Å². The summed E-state index contributed by atoms with van der Waals surface area (Å²) in [5.41, 5.74) is 15.9. The van der Waals surface area contributed by atoms with Crippen molar-refractivity contribution in [3.63, 3.8) is 0 Å². The van der Waals surface area contributed by atoms with Crippen molar-refractivity contribution >= 4 is 133 Å². The Morgan fingerprint density at radius 3 is 1.33 bits per heavy atom. The maximum atomic E-state index is 6.76. The number of fused-ring (bicyclic) bond motifs is 7. The fourth-order valence-corrected chi connectivity index (χ4v) is 12.5. The van der Waals surface area contributed by atoms with Gasteiger partial charge < -0.3 is 14.2 Å². The minimum absolute atomic E-state index is 0.00787. The Kier molecular flexibility index (Phi) is 7.83. The van der Waals surface area contributed by atoms with Crippen LogP contribution in [0.15, 0.2) is 186 Å². The second-order valence-electron chi connectivity index (χ2n) is 22.0. The standard InChI is InChI=1S/C65H48BN3O/c1-64(2,3)44-23-27-46(28-24-44)68-53-35-43(63-67-52-15-7-8-16-55(52)70-63)36-54-60(53)66(50-33-41-19-17-37-11-9-13-39-21-31-48(61(50)68)58(41)56(37)39)51-34-42-20-18-38-12-10-14-40-22-32-49(59(42)57(38)40)62(51)69(54)47-29-25-45(26-30-47)65(4,5)6/h7-36H,1-6H3. The van der Waals surface area contributed by atoms with Gasteiger partial charge in [0.05, 0.1) is 0 Å². The van der Waals surface area contributed by atoms with Gasteiger partial charge in [0, 0.05) is 50.5 Å². The molecule has 0 radical (unpaired) electrons. The zero-order valence-corrected chi connectivity index (χ0v) is 40.1. The van der Waals surface area contributed by atoms with Gasteiger partial charge >= 0.3 is 0 Å². The summed E-state index contributed by atoms with van der Waals surface area (Å²) in [6.07, 6.45) is 0. The molecule has 70 heavy (non-hydrogen) atoms. The molecule has 13 aromatic rings. The molecule has 0 bridgehead atoms. The first kappa shape index (κ1) is 39.8. The highest BCUT2D eigenvalue weighted by Gasteiger charge is 2.46. The van der Waals surface area contributed by atoms with Crippen LogP contribution in [0.1, 0.15) is 52.7 Å². The molecule has 0 saturated carbocycles. The van der Waals surface area contributed by atoms with Gasteiger partial charge in [-0.2, -0.15) is 0 Å². The van der Waals surface area contributed by atoms with Crippen molar-refractivity contribution < 1.29 is 4.42 Å². The summed E-state index contributed by atoms with van der Waals surface area (Å²) < 4.78 is 6.76. The summed E-state index contributed by atoms with van der Waals surface area (Å²) in [5, 5.41) is 15.3. The van der Waals surface area contributed by atoms with Crippen LogP contribution in [0.4, 0.5) is 34.1 Å². The first-order valence-corrected chi connectivity index (χ1v) is 24.7. The minimum Gasteiger partial charge on any atom is -0.436 e. The summed E-state index contributed by atoms with van der Waals surface area (Å²) in [7, 11) is 0. The van der Waals surface area contributed by atoms with Crippen LogP contribution in [0.25, 0.3) is 87.2 Å². The van der Waals surface area contributed by atoms with Crippen LogP contribution in [0, 0.1) is 0 Å². The molecule has 0 saturated heterocycles. The Morgan fingerprint density at radius 2 is 0.871 bits per heavy atom. The maximum Gasteiger partial charge on any atom is 0.252 e. The molecule has 1 aromatic heterocycles. The highest BCUT2D eigenvalue weighted by atomic mass is 16.3. The number of anilines is 6. The molecule has 2 aliphatic heterocycles. The first-order chi connectivity index (χ1) is 34.0. The average Bonchev–Trinajstić information content (AvgIpc) is 3.81. The average molecular weight is 898 g/mol. The topological polar surface area (TPSA) is 32.5 Å². The van der Waals surface area contributed by atoms with Crippen molar-refractivity contribution in [3.05, 3.63) is 193 Å². The van der Waals surface area contributed by atoms with E-state index in [4.69, 9.17) is 9.40 Å². The number of rotatable bonds is 3. The van der Waals surface area contributed by atoms with Gasteiger partial charge in [0.1, 0.15) is 5.52 Å². The molecule has 0 spiro atoms. The third kappa shape index (κ3) is 5.46. The quantitative estimate of drug-likeness (QED) is 0.131. The molecule has 0 aliphatic carbocycles. The molecule has 3 heterocycles. The number of nitrogens with zero attached hydrogens (tertiary/aromatic N) is 3. The van der Waals surface area contributed by atoms with Gasteiger partial charge in [-0.3, -0.25) is 0 Å². The van der Waals surface area contributed by atoms with Crippen LogP contribution >= 0.6 is 0 Å². The lowest BCUT2D eigenvalue weighted by Crippen LogP contribution is -2.61. The molecule has 12 aromatic carbocycles. The Labute approximate surface area is 407 Å². The van der Waals surface area contributed by atoms with Crippen molar-refractivity contribution in [2.45, 2.75) is 52.4 Å². The molecule has 0 unspecified atom stereocenters. The molecule has 5 heteroatoms. The Bertz CT molecular complexity index is 4020. The predicted octanol–water partition coefficient (Wildman–Crippen LogP) is 16.0. The number of aromatic nitrogens is 1. The van der Waals surface area contributed by atoms with Crippen LogP contribution in [-0.2, 0) is 10.8 Å². The van der Waals surface area contributed by atoms with E-state index >= 15 is 0 Å². The molecule has 0 amide bonds. The van der Waals surface area contributed by atoms with Crippen LogP contribution in [0.5, 0.6) is 0 Å². The van der Waals surface area contributed by atoms with E-state index in [-0.39, 0.29) is 17.5 Å². The van der Waals surface area contributed by atoms with E-state index in [2.05, 4.69) is 209 Å². The van der Waals surface area contributed by atoms with Crippen molar-refractivity contribution in [1.29, 1.82) is 0 Å². The molecule has 15 rings (SSSR count).